The van der Waals surface area contributed by atoms with E-state index in [1.165, 1.54) is 0 Å². The van der Waals surface area contributed by atoms with Gasteiger partial charge in [-0.05, 0) is 22.3 Å². The highest BCUT2D eigenvalue weighted by Gasteiger charge is 2.60. The normalized spacial score (nSPS) is 26.4. The van der Waals surface area contributed by atoms with Crippen LogP contribution in [0.25, 0.3) is 11.1 Å². The second kappa shape index (κ2) is 4.88. The van der Waals surface area contributed by atoms with Crippen LogP contribution >= 0.6 is 0 Å². The number of benzene rings is 3. The monoisotopic (exact) mass is 327 g/mol. The summed E-state index contributed by atoms with van der Waals surface area (Å²) in [6, 6.07) is 25.1. The van der Waals surface area contributed by atoms with Gasteiger partial charge in [0.2, 0.25) is 5.72 Å². The zero-order chi connectivity index (χ0) is 17.1. The van der Waals surface area contributed by atoms with E-state index in [4.69, 9.17) is 0 Å². The maximum atomic E-state index is 11.6. The van der Waals surface area contributed by atoms with E-state index in [1.807, 2.05) is 78.9 Å². The van der Waals surface area contributed by atoms with Gasteiger partial charge in [0.15, 0.2) is 0 Å². The molecule has 3 aromatic carbocycles. The highest BCUT2D eigenvalue weighted by molar-refractivity contribution is 6.04. The van der Waals surface area contributed by atoms with Crippen molar-refractivity contribution in [2.24, 2.45) is 4.99 Å². The largest absolute Gasteiger partial charge is 0.379 e. The van der Waals surface area contributed by atoms with E-state index in [1.54, 1.807) is 0 Å². The third kappa shape index (κ3) is 1.79. The summed E-state index contributed by atoms with van der Waals surface area (Å²) in [6.45, 7) is 0. The van der Waals surface area contributed by atoms with Crippen molar-refractivity contribution in [3.8, 4) is 11.1 Å². The van der Waals surface area contributed by atoms with Gasteiger partial charge in [0.25, 0.3) is 0 Å². The van der Waals surface area contributed by atoms with Crippen LogP contribution in [0.3, 0.4) is 0 Å². The van der Waals surface area contributed by atoms with E-state index in [0.29, 0.717) is 5.56 Å². The van der Waals surface area contributed by atoms with Crippen LogP contribution < -0.4 is 0 Å². The SMILES string of the molecule is OC12CC(c3ccccc3)=NC1(O)c1ccccc1-c1ccccc12. The van der Waals surface area contributed by atoms with Gasteiger partial charge in [-0.1, -0.05) is 78.9 Å². The van der Waals surface area contributed by atoms with Crippen LogP contribution in [0.2, 0.25) is 0 Å². The molecule has 0 amide bonds. The van der Waals surface area contributed by atoms with Gasteiger partial charge < -0.3 is 10.2 Å². The molecule has 1 heterocycles. The van der Waals surface area contributed by atoms with Gasteiger partial charge in [0, 0.05) is 17.7 Å². The molecule has 0 aromatic heterocycles. The number of hydrogen-bond acceptors (Lipinski definition) is 3. The Morgan fingerprint density at radius 3 is 1.96 bits per heavy atom. The first-order valence-corrected chi connectivity index (χ1v) is 8.42. The van der Waals surface area contributed by atoms with Gasteiger partial charge in [-0.3, -0.25) is 0 Å². The number of aliphatic imine (C=N–C) groups is 1. The topological polar surface area (TPSA) is 52.8 Å². The molecule has 0 fully saturated rings. The van der Waals surface area contributed by atoms with Crippen LogP contribution in [0.1, 0.15) is 23.1 Å². The Labute approximate surface area is 145 Å². The molecule has 3 heteroatoms. The van der Waals surface area contributed by atoms with Crippen molar-refractivity contribution in [1.82, 2.24) is 0 Å². The Balaban J connectivity index is 1.81. The molecular weight excluding hydrogens is 310 g/mol. The Kier molecular flexibility index (Phi) is 2.85. The third-order valence-corrected chi connectivity index (χ3v) is 5.37. The molecule has 2 atom stereocenters. The Bertz CT molecular complexity index is 1010. The minimum atomic E-state index is -1.68. The molecule has 3 aromatic rings. The molecule has 0 bridgehead atoms. The van der Waals surface area contributed by atoms with E-state index in [2.05, 4.69) is 4.99 Å². The summed E-state index contributed by atoms with van der Waals surface area (Å²) < 4.78 is 0. The highest BCUT2D eigenvalue weighted by atomic mass is 16.4. The van der Waals surface area contributed by atoms with Crippen molar-refractivity contribution in [3.05, 3.63) is 95.6 Å². The lowest BCUT2D eigenvalue weighted by atomic mass is 9.69. The summed E-state index contributed by atoms with van der Waals surface area (Å²) in [4.78, 5) is 4.65. The molecule has 2 unspecified atom stereocenters. The molecule has 0 saturated carbocycles. The summed E-state index contributed by atoms with van der Waals surface area (Å²) in [6.07, 6.45) is 0.277. The molecule has 25 heavy (non-hydrogen) atoms. The third-order valence-electron chi connectivity index (χ3n) is 5.37. The first-order valence-electron chi connectivity index (χ1n) is 8.42. The highest BCUT2D eigenvalue weighted by Crippen LogP contribution is 2.57. The first kappa shape index (κ1) is 14.6. The fraction of sp³-hybridized carbons (Fsp3) is 0.136. The molecule has 122 valence electrons. The van der Waals surface area contributed by atoms with Crippen molar-refractivity contribution < 1.29 is 10.2 Å². The van der Waals surface area contributed by atoms with Gasteiger partial charge in [-0.25, -0.2) is 4.99 Å². The smallest absolute Gasteiger partial charge is 0.217 e. The summed E-state index contributed by atoms with van der Waals surface area (Å²) in [5, 5.41) is 23.2. The molecule has 2 N–H and O–H groups in total. The zero-order valence-corrected chi connectivity index (χ0v) is 13.6. The van der Waals surface area contributed by atoms with E-state index in [-0.39, 0.29) is 6.42 Å². The molecule has 1 aliphatic carbocycles. The Morgan fingerprint density at radius 1 is 0.680 bits per heavy atom. The van der Waals surface area contributed by atoms with Crippen LogP contribution in [0, 0.1) is 0 Å². The van der Waals surface area contributed by atoms with Gasteiger partial charge in [0.1, 0.15) is 5.60 Å². The lowest BCUT2D eigenvalue weighted by Crippen LogP contribution is -2.47. The van der Waals surface area contributed by atoms with E-state index >= 15 is 0 Å². The maximum Gasteiger partial charge on any atom is 0.217 e. The van der Waals surface area contributed by atoms with Crippen molar-refractivity contribution in [2.45, 2.75) is 17.7 Å². The lowest BCUT2D eigenvalue weighted by molar-refractivity contribution is -0.147. The van der Waals surface area contributed by atoms with E-state index < -0.39 is 11.3 Å². The van der Waals surface area contributed by atoms with Crippen molar-refractivity contribution in [1.29, 1.82) is 0 Å². The quantitative estimate of drug-likeness (QED) is 0.717. The number of rotatable bonds is 1. The molecule has 0 saturated heterocycles. The predicted octanol–water partition coefficient (Wildman–Crippen LogP) is 3.59. The molecule has 3 nitrogen and oxygen atoms in total. The minimum absolute atomic E-state index is 0.277. The van der Waals surface area contributed by atoms with Crippen molar-refractivity contribution >= 4 is 5.71 Å². The lowest BCUT2D eigenvalue weighted by Gasteiger charge is -2.42. The minimum Gasteiger partial charge on any atom is -0.379 e. The summed E-state index contributed by atoms with van der Waals surface area (Å²) in [7, 11) is 0. The fourth-order valence-corrected chi connectivity index (χ4v) is 4.16. The van der Waals surface area contributed by atoms with Crippen LogP contribution in [0.5, 0.6) is 0 Å². The van der Waals surface area contributed by atoms with Crippen LogP contribution in [0.15, 0.2) is 83.9 Å². The van der Waals surface area contributed by atoms with Crippen LogP contribution in [-0.4, -0.2) is 15.9 Å². The fourth-order valence-electron chi connectivity index (χ4n) is 4.16. The number of nitrogens with zero attached hydrogens (tertiary/aromatic N) is 1. The Morgan fingerprint density at radius 2 is 1.24 bits per heavy atom. The van der Waals surface area contributed by atoms with Gasteiger partial charge in [0.05, 0.1) is 0 Å². The Hall–Kier alpha value is -2.75. The van der Waals surface area contributed by atoms with Crippen molar-refractivity contribution in [2.75, 3.05) is 0 Å². The van der Waals surface area contributed by atoms with Crippen LogP contribution in [0.4, 0.5) is 0 Å². The number of fused-ring (bicyclic) bond motifs is 6. The predicted molar refractivity (Wildman–Crippen MR) is 97.3 cm³/mol. The standard InChI is InChI=1S/C22H17NO2/c24-21-14-20(15-8-2-1-3-9-15)23-22(21,25)19-13-7-5-11-17(19)16-10-4-6-12-18(16)21/h1-13,24-25H,14H2. The summed E-state index contributed by atoms with van der Waals surface area (Å²) in [5.41, 5.74) is 1.75. The van der Waals surface area contributed by atoms with Gasteiger partial charge in [-0.15, -0.1) is 0 Å². The number of hydrogen-bond donors (Lipinski definition) is 2. The second-order valence-electron chi connectivity index (χ2n) is 6.72. The molecule has 0 spiro atoms. The summed E-state index contributed by atoms with van der Waals surface area (Å²) >= 11 is 0. The van der Waals surface area contributed by atoms with Crippen LogP contribution in [-0.2, 0) is 11.3 Å². The molecule has 2 aliphatic rings. The molecule has 1 aliphatic heterocycles. The molecule has 0 radical (unpaired) electrons. The average Bonchev–Trinajstić information content (AvgIpc) is 2.96. The molecule has 5 rings (SSSR count). The van der Waals surface area contributed by atoms with E-state index in [9.17, 15) is 10.2 Å². The summed E-state index contributed by atoms with van der Waals surface area (Å²) in [5.74, 6) is 0. The molecular formula is C22H17NO2. The van der Waals surface area contributed by atoms with Gasteiger partial charge in [-0.2, -0.15) is 0 Å². The zero-order valence-electron chi connectivity index (χ0n) is 13.6. The number of aliphatic hydroxyl groups is 2. The maximum absolute atomic E-state index is 11.6. The second-order valence-corrected chi connectivity index (χ2v) is 6.72. The average molecular weight is 327 g/mol. The van der Waals surface area contributed by atoms with E-state index in [0.717, 1.165) is 28.0 Å². The van der Waals surface area contributed by atoms with Gasteiger partial charge >= 0.3 is 0 Å². The van der Waals surface area contributed by atoms with Crippen molar-refractivity contribution in [3.63, 3.8) is 0 Å². The first-order chi connectivity index (χ1) is 12.1.